The largest absolute Gasteiger partial charge is 0.432 e. The standard InChI is InChI=1S/C20H19ClF2N2O3/c1-11(2)13-5-3-4-6-14(13)20(8-12(26)9-20)18(27)25-15-10-24-17(21)7-16(15)28-19(22)23/h3-7,10-11,19H,8-9H2,1-2H3,(H,25,27). The van der Waals surface area contributed by atoms with Gasteiger partial charge in [-0.1, -0.05) is 49.7 Å². The Bertz CT molecular complexity index is 910. The molecule has 1 saturated carbocycles. The van der Waals surface area contributed by atoms with Crippen molar-refractivity contribution in [3.05, 3.63) is 52.8 Å². The highest BCUT2D eigenvalue weighted by Crippen LogP contribution is 2.45. The van der Waals surface area contributed by atoms with E-state index in [1.807, 2.05) is 38.1 Å². The maximum Gasteiger partial charge on any atom is 0.387 e. The van der Waals surface area contributed by atoms with Crippen molar-refractivity contribution in [1.82, 2.24) is 4.98 Å². The fourth-order valence-corrected chi connectivity index (χ4v) is 3.62. The van der Waals surface area contributed by atoms with Crippen LogP contribution in [-0.4, -0.2) is 23.3 Å². The molecule has 1 aromatic heterocycles. The predicted octanol–water partition coefficient (Wildman–Crippen LogP) is 4.70. The molecule has 1 heterocycles. The Morgan fingerprint density at radius 3 is 2.57 bits per heavy atom. The molecule has 1 aromatic carbocycles. The SMILES string of the molecule is CC(C)c1ccccc1C1(C(=O)Nc2cnc(Cl)cc2OC(F)F)CC(=O)C1. The molecule has 0 radical (unpaired) electrons. The van der Waals surface area contributed by atoms with Gasteiger partial charge in [-0.05, 0) is 17.0 Å². The van der Waals surface area contributed by atoms with E-state index in [-0.39, 0.29) is 41.1 Å². The number of ketones is 1. The molecule has 2 aromatic rings. The Labute approximate surface area is 166 Å². The fraction of sp³-hybridized carbons (Fsp3) is 0.350. The quantitative estimate of drug-likeness (QED) is 0.703. The van der Waals surface area contributed by atoms with Gasteiger partial charge in [-0.2, -0.15) is 8.78 Å². The third kappa shape index (κ3) is 3.85. The molecule has 1 fully saturated rings. The van der Waals surface area contributed by atoms with Gasteiger partial charge >= 0.3 is 6.61 Å². The number of aromatic nitrogens is 1. The van der Waals surface area contributed by atoms with E-state index in [4.69, 9.17) is 11.6 Å². The van der Waals surface area contributed by atoms with Crippen LogP contribution in [0.3, 0.4) is 0 Å². The van der Waals surface area contributed by atoms with Gasteiger partial charge in [0.05, 0.1) is 11.6 Å². The van der Waals surface area contributed by atoms with Crippen LogP contribution >= 0.6 is 11.6 Å². The van der Waals surface area contributed by atoms with Gasteiger partial charge in [0.15, 0.2) is 5.75 Å². The maximum absolute atomic E-state index is 13.2. The van der Waals surface area contributed by atoms with Gasteiger partial charge in [-0.3, -0.25) is 9.59 Å². The molecule has 0 aliphatic heterocycles. The number of carbonyl (C=O) groups excluding carboxylic acids is 2. The molecule has 0 unspecified atom stereocenters. The normalized spacial score (nSPS) is 15.5. The number of halogens is 3. The summed E-state index contributed by atoms with van der Waals surface area (Å²) in [7, 11) is 0. The maximum atomic E-state index is 13.2. The van der Waals surface area contributed by atoms with Gasteiger partial charge in [0, 0.05) is 18.9 Å². The predicted molar refractivity (Wildman–Crippen MR) is 101 cm³/mol. The van der Waals surface area contributed by atoms with Gasteiger partial charge < -0.3 is 10.1 Å². The number of nitrogens with zero attached hydrogens (tertiary/aromatic N) is 1. The average molecular weight is 409 g/mol. The molecule has 5 nitrogen and oxygen atoms in total. The zero-order valence-electron chi connectivity index (χ0n) is 15.3. The molecule has 28 heavy (non-hydrogen) atoms. The molecule has 0 spiro atoms. The zero-order chi connectivity index (χ0) is 20.5. The lowest BCUT2D eigenvalue weighted by Gasteiger charge is -2.41. The number of benzene rings is 1. The van der Waals surface area contributed by atoms with Crippen LogP contribution in [0.15, 0.2) is 36.5 Å². The number of amides is 1. The van der Waals surface area contributed by atoms with E-state index >= 15 is 0 Å². The zero-order valence-corrected chi connectivity index (χ0v) is 16.1. The van der Waals surface area contributed by atoms with Crippen LogP contribution in [0.25, 0.3) is 0 Å². The van der Waals surface area contributed by atoms with E-state index in [9.17, 15) is 18.4 Å². The van der Waals surface area contributed by atoms with Crippen LogP contribution in [-0.2, 0) is 15.0 Å². The van der Waals surface area contributed by atoms with Gasteiger partial charge in [-0.15, -0.1) is 0 Å². The van der Waals surface area contributed by atoms with Crippen LogP contribution < -0.4 is 10.1 Å². The summed E-state index contributed by atoms with van der Waals surface area (Å²) in [5.74, 6) is -0.650. The molecule has 1 N–H and O–H groups in total. The summed E-state index contributed by atoms with van der Waals surface area (Å²) in [6.07, 6.45) is 1.25. The number of nitrogens with one attached hydrogen (secondary N) is 1. The van der Waals surface area contributed by atoms with E-state index in [1.54, 1.807) is 0 Å². The summed E-state index contributed by atoms with van der Waals surface area (Å²) in [6, 6.07) is 8.55. The Kier molecular flexibility index (Phi) is 5.65. The van der Waals surface area contributed by atoms with Gasteiger partial charge in [0.25, 0.3) is 0 Å². The first-order valence-electron chi connectivity index (χ1n) is 8.76. The summed E-state index contributed by atoms with van der Waals surface area (Å²) in [4.78, 5) is 28.9. The summed E-state index contributed by atoms with van der Waals surface area (Å²) in [5.41, 5.74) is 0.638. The first-order valence-corrected chi connectivity index (χ1v) is 9.13. The highest BCUT2D eigenvalue weighted by atomic mass is 35.5. The monoisotopic (exact) mass is 408 g/mol. The number of alkyl halides is 2. The number of anilines is 1. The van der Waals surface area contributed by atoms with Crippen LogP contribution in [0, 0.1) is 0 Å². The summed E-state index contributed by atoms with van der Waals surface area (Å²) in [5, 5.41) is 2.55. The smallest absolute Gasteiger partial charge is 0.387 e. The third-order valence-electron chi connectivity index (χ3n) is 4.83. The number of hydrogen-bond acceptors (Lipinski definition) is 4. The summed E-state index contributed by atoms with van der Waals surface area (Å²) in [6.45, 7) is 0.917. The Morgan fingerprint density at radius 1 is 1.29 bits per heavy atom. The minimum atomic E-state index is -3.09. The lowest BCUT2D eigenvalue weighted by atomic mass is 9.61. The van der Waals surface area contributed by atoms with Crippen molar-refractivity contribution in [2.24, 2.45) is 0 Å². The highest BCUT2D eigenvalue weighted by molar-refractivity contribution is 6.29. The average Bonchev–Trinajstić information content (AvgIpc) is 2.60. The highest BCUT2D eigenvalue weighted by Gasteiger charge is 2.52. The van der Waals surface area contributed by atoms with Crippen LogP contribution in [0.4, 0.5) is 14.5 Å². The number of Topliss-reactive ketones (excluding diaryl/α,β-unsaturated/α-hetero) is 1. The van der Waals surface area contributed by atoms with Gasteiger partial charge in [0.1, 0.15) is 16.6 Å². The summed E-state index contributed by atoms with van der Waals surface area (Å²) < 4.78 is 29.8. The van der Waals surface area contributed by atoms with Crippen molar-refractivity contribution in [2.45, 2.75) is 44.6 Å². The molecule has 148 valence electrons. The van der Waals surface area contributed by atoms with Crippen molar-refractivity contribution in [2.75, 3.05) is 5.32 Å². The fourth-order valence-electron chi connectivity index (χ4n) is 3.47. The Hall–Kier alpha value is -2.54. The van der Waals surface area contributed by atoms with Gasteiger partial charge in [0.2, 0.25) is 5.91 Å². The number of carbonyl (C=O) groups is 2. The van der Waals surface area contributed by atoms with Gasteiger partial charge in [-0.25, -0.2) is 4.98 Å². The first-order chi connectivity index (χ1) is 13.2. The molecule has 1 aliphatic rings. The van der Waals surface area contributed by atoms with Crippen LogP contribution in [0.1, 0.15) is 43.7 Å². The van der Waals surface area contributed by atoms with Crippen LogP contribution in [0.5, 0.6) is 5.75 Å². The number of rotatable bonds is 6. The molecule has 0 atom stereocenters. The van der Waals surface area contributed by atoms with E-state index in [0.717, 1.165) is 23.4 Å². The molecule has 0 saturated heterocycles. The third-order valence-corrected chi connectivity index (χ3v) is 5.03. The lowest BCUT2D eigenvalue weighted by molar-refractivity contribution is -0.138. The molecule has 1 aliphatic carbocycles. The number of pyridine rings is 1. The second-order valence-electron chi connectivity index (χ2n) is 7.05. The number of ether oxygens (including phenoxy) is 1. The second-order valence-corrected chi connectivity index (χ2v) is 7.44. The molecule has 8 heteroatoms. The molecule has 1 amide bonds. The lowest BCUT2D eigenvalue weighted by Crippen LogP contribution is -2.51. The molecular weight excluding hydrogens is 390 g/mol. The van der Waals surface area contributed by atoms with E-state index in [0.29, 0.717) is 0 Å². The summed E-state index contributed by atoms with van der Waals surface area (Å²) >= 11 is 5.74. The molecule has 0 bridgehead atoms. The van der Waals surface area contributed by atoms with Crippen molar-refractivity contribution in [3.8, 4) is 5.75 Å². The number of hydrogen-bond donors (Lipinski definition) is 1. The Morgan fingerprint density at radius 2 is 1.96 bits per heavy atom. The minimum absolute atomic E-state index is 0.0320. The van der Waals surface area contributed by atoms with E-state index < -0.39 is 17.9 Å². The Balaban J connectivity index is 1.97. The topological polar surface area (TPSA) is 68.3 Å². The minimum Gasteiger partial charge on any atom is -0.432 e. The van der Waals surface area contributed by atoms with Crippen molar-refractivity contribution >= 4 is 29.0 Å². The second kappa shape index (κ2) is 7.83. The van der Waals surface area contributed by atoms with Crippen molar-refractivity contribution < 1.29 is 23.1 Å². The van der Waals surface area contributed by atoms with Crippen molar-refractivity contribution in [3.63, 3.8) is 0 Å². The molecular formula is C20H19ClF2N2O3. The van der Waals surface area contributed by atoms with E-state index in [2.05, 4.69) is 15.0 Å². The van der Waals surface area contributed by atoms with Crippen LogP contribution in [0.2, 0.25) is 5.15 Å². The van der Waals surface area contributed by atoms with E-state index in [1.165, 1.54) is 0 Å². The first kappa shape index (κ1) is 20.2. The molecule has 3 rings (SSSR count). The van der Waals surface area contributed by atoms with Crippen molar-refractivity contribution in [1.29, 1.82) is 0 Å².